The third kappa shape index (κ3) is 2.51. The highest BCUT2D eigenvalue weighted by Crippen LogP contribution is 2.41. The number of rotatable bonds is 2. The van der Waals surface area contributed by atoms with E-state index in [-0.39, 0.29) is 5.69 Å². The molecule has 20 heavy (non-hydrogen) atoms. The van der Waals surface area contributed by atoms with E-state index >= 15 is 0 Å². The zero-order valence-electron chi connectivity index (χ0n) is 10.3. The molecule has 0 spiro atoms. The predicted octanol–water partition coefficient (Wildman–Crippen LogP) is 3.43. The molecule has 1 aliphatic heterocycles. The van der Waals surface area contributed by atoms with Gasteiger partial charge in [-0.25, -0.2) is 9.78 Å². The number of carboxylic acids is 1. The molecule has 0 radical (unpaired) electrons. The van der Waals surface area contributed by atoms with Crippen molar-refractivity contribution in [3.05, 3.63) is 27.7 Å². The molecule has 3 rings (SSSR count). The number of ether oxygens (including phenoxy) is 2. The third-order valence-electron chi connectivity index (χ3n) is 2.77. The van der Waals surface area contributed by atoms with Gasteiger partial charge in [0, 0.05) is 17.4 Å². The van der Waals surface area contributed by atoms with Crippen LogP contribution >= 0.6 is 27.3 Å². The van der Waals surface area contributed by atoms with Gasteiger partial charge >= 0.3 is 5.97 Å². The van der Waals surface area contributed by atoms with Gasteiger partial charge < -0.3 is 14.6 Å². The molecule has 0 aliphatic carbocycles. The highest BCUT2D eigenvalue weighted by atomic mass is 79.9. The first-order chi connectivity index (χ1) is 9.65. The topological polar surface area (TPSA) is 68.7 Å². The Morgan fingerprint density at radius 2 is 2.15 bits per heavy atom. The quantitative estimate of drug-likeness (QED) is 0.893. The van der Waals surface area contributed by atoms with Crippen LogP contribution in [0.2, 0.25) is 0 Å². The Balaban J connectivity index is 2.03. The Hall–Kier alpha value is -1.60. The number of carbonyl (C=O) groups is 1. The van der Waals surface area contributed by atoms with E-state index in [4.69, 9.17) is 14.6 Å². The van der Waals surface area contributed by atoms with Gasteiger partial charge in [0.25, 0.3) is 0 Å². The smallest absolute Gasteiger partial charge is 0.355 e. The van der Waals surface area contributed by atoms with Gasteiger partial charge in [-0.2, -0.15) is 0 Å². The molecule has 1 aromatic heterocycles. The van der Waals surface area contributed by atoms with Gasteiger partial charge in [0.15, 0.2) is 17.2 Å². The lowest BCUT2D eigenvalue weighted by Gasteiger charge is -2.10. The minimum absolute atomic E-state index is 0.0493. The molecule has 0 amide bonds. The number of hydrogen-bond donors (Lipinski definition) is 1. The molecular formula is C13H10BrNO4S. The number of fused-ring (bicyclic) bond motifs is 1. The van der Waals surface area contributed by atoms with E-state index < -0.39 is 5.97 Å². The average molecular weight is 356 g/mol. The van der Waals surface area contributed by atoms with E-state index in [2.05, 4.69) is 20.9 Å². The fourth-order valence-electron chi connectivity index (χ4n) is 1.86. The molecule has 0 bridgehead atoms. The van der Waals surface area contributed by atoms with E-state index in [1.807, 2.05) is 12.1 Å². The summed E-state index contributed by atoms with van der Waals surface area (Å²) < 4.78 is 12.1. The molecule has 104 valence electrons. The van der Waals surface area contributed by atoms with Crippen molar-refractivity contribution in [3.8, 4) is 22.1 Å². The maximum atomic E-state index is 10.9. The Labute approximate surface area is 127 Å². The molecule has 7 heteroatoms. The lowest BCUT2D eigenvalue weighted by atomic mass is 10.2. The Morgan fingerprint density at radius 3 is 2.90 bits per heavy atom. The third-order valence-corrected chi connectivity index (χ3v) is 4.25. The fraction of sp³-hybridized carbons (Fsp3) is 0.231. The summed E-state index contributed by atoms with van der Waals surface area (Å²) in [5, 5.41) is 11.1. The summed E-state index contributed by atoms with van der Waals surface area (Å²) in [5.41, 5.74) is 0.854. The van der Waals surface area contributed by atoms with E-state index in [0.717, 1.165) is 16.5 Å². The van der Waals surface area contributed by atoms with Crippen LogP contribution in [0.1, 0.15) is 16.9 Å². The molecule has 0 unspecified atom stereocenters. The first-order valence-electron chi connectivity index (χ1n) is 5.93. The SMILES string of the molecule is O=C(O)c1csc(-c2cc(Br)c3c(c2)OCCCO3)n1. The van der Waals surface area contributed by atoms with Crippen molar-refractivity contribution >= 4 is 33.2 Å². The van der Waals surface area contributed by atoms with E-state index in [0.29, 0.717) is 29.7 Å². The number of aromatic carboxylic acids is 1. The number of halogens is 1. The van der Waals surface area contributed by atoms with Crippen LogP contribution in [0.4, 0.5) is 0 Å². The van der Waals surface area contributed by atoms with Gasteiger partial charge in [0.05, 0.1) is 17.7 Å². The monoisotopic (exact) mass is 355 g/mol. The highest BCUT2D eigenvalue weighted by Gasteiger charge is 2.18. The standard InChI is InChI=1S/C13H10BrNO4S/c14-8-4-7(12-15-9(6-20-12)13(16)17)5-10-11(8)19-3-1-2-18-10/h4-6H,1-3H2,(H,16,17). The number of hydrogen-bond acceptors (Lipinski definition) is 5. The number of carboxylic acid groups (broad SMARTS) is 1. The van der Waals surface area contributed by atoms with Crippen LogP contribution in [0.15, 0.2) is 22.0 Å². The molecule has 0 fully saturated rings. The minimum atomic E-state index is -1.03. The average Bonchev–Trinajstić information content (AvgIpc) is 2.79. The molecule has 2 aromatic rings. The molecule has 1 aromatic carbocycles. The number of aromatic nitrogens is 1. The maximum absolute atomic E-state index is 10.9. The van der Waals surface area contributed by atoms with Crippen LogP contribution in [0.5, 0.6) is 11.5 Å². The second-order valence-corrected chi connectivity index (χ2v) is 5.89. The van der Waals surface area contributed by atoms with E-state index in [9.17, 15) is 4.79 Å². The normalized spacial score (nSPS) is 13.8. The first-order valence-corrected chi connectivity index (χ1v) is 7.61. The molecule has 5 nitrogen and oxygen atoms in total. The molecule has 2 heterocycles. The van der Waals surface area contributed by atoms with Gasteiger partial charge in [0.1, 0.15) is 5.01 Å². The lowest BCUT2D eigenvalue weighted by molar-refractivity contribution is 0.0691. The number of thiazole rings is 1. The summed E-state index contributed by atoms with van der Waals surface area (Å²) in [5.74, 6) is 0.307. The zero-order chi connectivity index (χ0) is 14.1. The largest absolute Gasteiger partial charge is 0.489 e. The minimum Gasteiger partial charge on any atom is -0.489 e. The van der Waals surface area contributed by atoms with Crippen LogP contribution in [0.3, 0.4) is 0 Å². The molecule has 0 atom stereocenters. The molecule has 0 saturated heterocycles. The molecule has 1 N–H and O–H groups in total. The Kier molecular flexibility index (Phi) is 3.62. The van der Waals surface area contributed by atoms with Crippen molar-refractivity contribution in [1.82, 2.24) is 4.98 Å². The van der Waals surface area contributed by atoms with Gasteiger partial charge in [-0.05, 0) is 28.1 Å². The summed E-state index contributed by atoms with van der Waals surface area (Å²) in [6.07, 6.45) is 0.830. The maximum Gasteiger partial charge on any atom is 0.355 e. The van der Waals surface area contributed by atoms with Crippen molar-refractivity contribution in [3.63, 3.8) is 0 Å². The summed E-state index contributed by atoms with van der Waals surface area (Å²) >= 11 is 4.74. The van der Waals surface area contributed by atoms with Gasteiger partial charge in [-0.3, -0.25) is 0 Å². The lowest BCUT2D eigenvalue weighted by Crippen LogP contribution is -1.97. The highest BCUT2D eigenvalue weighted by molar-refractivity contribution is 9.10. The predicted molar refractivity (Wildman–Crippen MR) is 77.8 cm³/mol. The summed E-state index contributed by atoms with van der Waals surface area (Å²) in [4.78, 5) is 15.0. The van der Waals surface area contributed by atoms with Gasteiger partial charge in [-0.1, -0.05) is 0 Å². The van der Waals surface area contributed by atoms with Crippen molar-refractivity contribution in [2.45, 2.75) is 6.42 Å². The zero-order valence-corrected chi connectivity index (χ0v) is 12.7. The second-order valence-electron chi connectivity index (χ2n) is 4.18. The van der Waals surface area contributed by atoms with Crippen LogP contribution in [-0.4, -0.2) is 29.3 Å². The first kappa shape index (κ1) is 13.4. The van der Waals surface area contributed by atoms with Crippen LogP contribution in [-0.2, 0) is 0 Å². The fourth-order valence-corrected chi connectivity index (χ4v) is 3.20. The Bertz CT molecular complexity index is 670. The summed E-state index contributed by atoms with van der Waals surface area (Å²) in [6.45, 7) is 1.21. The molecule has 0 saturated carbocycles. The number of nitrogens with zero attached hydrogens (tertiary/aromatic N) is 1. The van der Waals surface area contributed by atoms with Gasteiger partial charge in [0.2, 0.25) is 0 Å². The van der Waals surface area contributed by atoms with Crippen molar-refractivity contribution in [1.29, 1.82) is 0 Å². The van der Waals surface area contributed by atoms with Crippen molar-refractivity contribution < 1.29 is 19.4 Å². The molecular weight excluding hydrogens is 346 g/mol. The second kappa shape index (κ2) is 5.41. The van der Waals surface area contributed by atoms with Crippen LogP contribution in [0.25, 0.3) is 10.6 Å². The van der Waals surface area contributed by atoms with Crippen molar-refractivity contribution in [2.24, 2.45) is 0 Å². The Morgan fingerprint density at radius 1 is 1.35 bits per heavy atom. The van der Waals surface area contributed by atoms with E-state index in [1.165, 1.54) is 16.7 Å². The summed E-state index contributed by atoms with van der Waals surface area (Å²) in [7, 11) is 0. The number of benzene rings is 1. The van der Waals surface area contributed by atoms with Gasteiger partial charge in [-0.15, -0.1) is 11.3 Å². The van der Waals surface area contributed by atoms with Crippen LogP contribution in [0, 0.1) is 0 Å². The summed E-state index contributed by atoms with van der Waals surface area (Å²) in [6, 6.07) is 3.69. The molecule has 1 aliphatic rings. The van der Waals surface area contributed by atoms with Crippen LogP contribution < -0.4 is 9.47 Å². The van der Waals surface area contributed by atoms with Crippen molar-refractivity contribution in [2.75, 3.05) is 13.2 Å². The van der Waals surface area contributed by atoms with E-state index in [1.54, 1.807) is 0 Å².